The van der Waals surface area contributed by atoms with Gasteiger partial charge in [-0.25, -0.2) is 4.98 Å². The van der Waals surface area contributed by atoms with E-state index in [2.05, 4.69) is 9.97 Å². The van der Waals surface area contributed by atoms with Crippen LogP contribution in [0.25, 0.3) is 21.5 Å². The maximum atomic E-state index is 11.3. The lowest BCUT2D eigenvalue weighted by Crippen LogP contribution is -2.05. The average molecular weight is 215 g/mol. The normalized spacial score (nSPS) is 11.5. The summed E-state index contributed by atoms with van der Waals surface area (Å²) in [5.41, 5.74) is -1.79. The van der Waals surface area contributed by atoms with Gasteiger partial charge in [0.15, 0.2) is 0 Å². The summed E-state index contributed by atoms with van der Waals surface area (Å²) in [6, 6.07) is 2.48. The lowest BCUT2D eigenvalue weighted by Gasteiger charge is -1.97. The Hall–Kier alpha value is -2.50. The molecule has 16 heavy (non-hydrogen) atoms. The van der Waals surface area contributed by atoms with Crippen LogP contribution in [0.4, 0.5) is 0 Å². The molecule has 3 rings (SSSR count). The molecule has 6 nitrogen and oxygen atoms in total. The van der Waals surface area contributed by atoms with Gasteiger partial charge in [-0.3, -0.25) is 19.4 Å². The van der Waals surface area contributed by atoms with Gasteiger partial charge in [0, 0.05) is 0 Å². The maximum absolute atomic E-state index is 11.3. The van der Waals surface area contributed by atoms with Crippen LogP contribution in [0.2, 0.25) is 0 Å². The first-order chi connectivity index (χ1) is 7.58. The van der Waals surface area contributed by atoms with Crippen molar-refractivity contribution < 1.29 is 5.11 Å². The van der Waals surface area contributed by atoms with Crippen LogP contribution in [0.5, 0.6) is 5.88 Å². The third kappa shape index (κ3) is 0.902. The zero-order chi connectivity index (χ0) is 11.4. The highest BCUT2D eigenvalue weighted by molar-refractivity contribution is 5.99. The van der Waals surface area contributed by atoms with Crippen LogP contribution in [0, 0.1) is 0 Å². The maximum Gasteiger partial charge on any atom is 0.277 e. The number of H-pyrrole nitrogens is 1. The second-order valence-electron chi connectivity index (χ2n) is 3.45. The van der Waals surface area contributed by atoms with Crippen molar-refractivity contribution in [3.63, 3.8) is 0 Å². The van der Waals surface area contributed by atoms with E-state index in [1.165, 1.54) is 12.1 Å². The highest BCUT2D eigenvalue weighted by Crippen LogP contribution is 2.21. The molecule has 0 amide bonds. The molecule has 2 heterocycles. The highest BCUT2D eigenvalue weighted by Gasteiger charge is 2.11. The third-order valence-electron chi connectivity index (χ3n) is 2.54. The van der Waals surface area contributed by atoms with E-state index in [0.717, 1.165) is 0 Å². The molecule has 0 radical (unpaired) electrons. The van der Waals surface area contributed by atoms with Gasteiger partial charge in [-0.1, -0.05) is 0 Å². The number of aromatic nitrogens is 2. The predicted molar refractivity (Wildman–Crippen MR) is 54.2 cm³/mol. The van der Waals surface area contributed by atoms with Crippen molar-refractivity contribution >= 4 is 21.5 Å². The molecule has 0 saturated carbocycles. The van der Waals surface area contributed by atoms with E-state index in [1.807, 2.05) is 0 Å². The molecule has 0 aliphatic carbocycles. The van der Waals surface area contributed by atoms with Gasteiger partial charge in [-0.2, -0.15) is 0 Å². The van der Waals surface area contributed by atoms with Crippen molar-refractivity contribution in [3.8, 4) is 5.88 Å². The Balaban J connectivity index is 2.74. The first kappa shape index (κ1) is 8.78. The molecule has 1 N–H and O–H groups in total. The van der Waals surface area contributed by atoms with Gasteiger partial charge in [0.1, 0.15) is 0 Å². The third-order valence-corrected chi connectivity index (χ3v) is 2.54. The SMILES string of the molecule is O=c1nc([O-])c2cc3c(=O)[nH]c(=O)c3cc12. The Labute approximate surface area is 86.5 Å². The Morgan fingerprint density at radius 1 is 0.938 bits per heavy atom. The standard InChI is InChI=1S/C10H4N2O4/c13-7-3-1-4-6(10(16)12-8(4)14)2-5(3)9(15)11-7/h1-2H,(H,11,13,15)(H,12,14,16)/p-1. The summed E-state index contributed by atoms with van der Waals surface area (Å²) >= 11 is 0. The van der Waals surface area contributed by atoms with Crippen molar-refractivity contribution in [2.45, 2.75) is 0 Å². The summed E-state index contributed by atoms with van der Waals surface area (Å²) in [6.07, 6.45) is 0. The number of hydrogen-bond acceptors (Lipinski definition) is 5. The molecule has 78 valence electrons. The van der Waals surface area contributed by atoms with Crippen LogP contribution in [0.1, 0.15) is 0 Å². The summed E-state index contributed by atoms with van der Waals surface area (Å²) in [6.45, 7) is 0. The fourth-order valence-electron chi connectivity index (χ4n) is 1.78. The summed E-state index contributed by atoms with van der Waals surface area (Å²) < 4.78 is 0. The fraction of sp³-hybridized carbons (Fsp3) is 0. The minimum Gasteiger partial charge on any atom is -0.858 e. The fourth-order valence-corrected chi connectivity index (χ4v) is 1.78. The summed E-state index contributed by atoms with van der Waals surface area (Å²) in [5.74, 6) is -0.671. The van der Waals surface area contributed by atoms with E-state index < -0.39 is 22.6 Å². The van der Waals surface area contributed by atoms with E-state index in [1.54, 1.807) is 0 Å². The smallest absolute Gasteiger partial charge is 0.277 e. The lowest BCUT2D eigenvalue weighted by atomic mass is 10.1. The molecule has 0 aliphatic rings. The zero-order valence-electron chi connectivity index (χ0n) is 7.73. The number of rotatable bonds is 0. The van der Waals surface area contributed by atoms with Crippen molar-refractivity contribution in [1.29, 1.82) is 0 Å². The van der Waals surface area contributed by atoms with Crippen molar-refractivity contribution in [2.75, 3.05) is 0 Å². The second-order valence-corrected chi connectivity index (χ2v) is 3.45. The van der Waals surface area contributed by atoms with Gasteiger partial charge >= 0.3 is 0 Å². The highest BCUT2D eigenvalue weighted by atomic mass is 16.3. The minimum atomic E-state index is -0.671. The molecular formula is C10H3N2O4-. The minimum absolute atomic E-state index is 0.0774. The van der Waals surface area contributed by atoms with E-state index in [0.29, 0.717) is 0 Å². The van der Waals surface area contributed by atoms with Gasteiger partial charge in [0.2, 0.25) is 0 Å². The second kappa shape index (κ2) is 2.54. The van der Waals surface area contributed by atoms with Crippen LogP contribution in [0.15, 0.2) is 26.5 Å². The van der Waals surface area contributed by atoms with Crippen LogP contribution in [0.3, 0.4) is 0 Å². The summed E-state index contributed by atoms with van der Waals surface area (Å²) in [4.78, 5) is 39.2. The van der Waals surface area contributed by atoms with Crippen LogP contribution in [-0.4, -0.2) is 9.97 Å². The first-order valence-electron chi connectivity index (χ1n) is 4.42. The molecule has 0 spiro atoms. The number of aromatic amines is 1. The van der Waals surface area contributed by atoms with Gasteiger partial charge in [0.05, 0.1) is 16.2 Å². The quantitative estimate of drug-likeness (QED) is 0.504. The Morgan fingerprint density at radius 2 is 1.50 bits per heavy atom. The number of hydrogen-bond donors (Lipinski definition) is 1. The molecule has 3 aromatic rings. The molecule has 0 bridgehead atoms. The molecule has 0 unspecified atom stereocenters. The predicted octanol–water partition coefficient (Wildman–Crippen LogP) is -1.25. The van der Waals surface area contributed by atoms with Gasteiger partial charge in [-0.05, 0) is 23.4 Å². The Morgan fingerprint density at radius 3 is 2.12 bits per heavy atom. The van der Waals surface area contributed by atoms with E-state index in [9.17, 15) is 19.5 Å². The summed E-state index contributed by atoms with van der Waals surface area (Å²) in [7, 11) is 0. The van der Waals surface area contributed by atoms with Gasteiger partial charge in [0.25, 0.3) is 16.7 Å². The zero-order valence-corrected chi connectivity index (χ0v) is 7.73. The average Bonchev–Trinajstić information content (AvgIpc) is 2.67. The van der Waals surface area contributed by atoms with Crippen molar-refractivity contribution in [2.24, 2.45) is 0 Å². The van der Waals surface area contributed by atoms with Crippen LogP contribution >= 0.6 is 0 Å². The monoisotopic (exact) mass is 215 g/mol. The van der Waals surface area contributed by atoms with Crippen molar-refractivity contribution in [1.82, 2.24) is 9.97 Å². The molecule has 2 aromatic heterocycles. The van der Waals surface area contributed by atoms with Gasteiger partial charge < -0.3 is 5.11 Å². The Kier molecular flexibility index (Phi) is 1.40. The van der Waals surface area contributed by atoms with Crippen molar-refractivity contribution in [3.05, 3.63) is 43.2 Å². The van der Waals surface area contributed by atoms with E-state index in [-0.39, 0.29) is 21.5 Å². The van der Waals surface area contributed by atoms with Crippen LogP contribution < -0.4 is 21.8 Å². The topological polar surface area (TPSA) is 103 Å². The molecule has 0 saturated heterocycles. The molecule has 0 aliphatic heterocycles. The molecule has 1 aromatic carbocycles. The lowest BCUT2D eigenvalue weighted by molar-refractivity contribution is -0.272. The molecule has 6 heteroatoms. The van der Waals surface area contributed by atoms with E-state index in [4.69, 9.17) is 0 Å². The Bertz CT molecular complexity index is 868. The van der Waals surface area contributed by atoms with E-state index >= 15 is 0 Å². The molecule has 0 fully saturated rings. The largest absolute Gasteiger partial charge is 0.858 e. The number of nitrogens with zero attached hydrogens (tertiary/aromatic N) is 1. The molecule has 0 atom stereocenters. The number of nitrogens with one attached hydrogen (secondary N) is 1. The number of fused-ring (bicyclic) bond motifs is 2. The summed E-state index contributed by atoms with van der Waals surface area (Å²) in [5, 5.41) is 11.6. The van der Waals surface area contributed by atoms with Crippen LogP contribution in [-0.2, 0) is 0 Å². The first-order valence-corrected chi connectivity index (χ1v) is 4.42. The number of benzene rings is 1. The van der Waals surface area contributed by atoms with Gasteiger partial charge in [-0.15, -0.1) is 0 Å². The molecular weight excluding hydrogens is 212 g/mol.